The first-order chi connectivity index (χ1) is 21.9. The maximum Gasteiger partial charge on any atom is 0.262 e. The molecule has 0 spiro atoms. The van der Waals surface area contributed by atoms with E-state index in [0.29, 0.717) is 17.9 Å². The maximum atomic E-state index is 13.1. The lowest BCUT2D eigenvalue weighted by Crippen LogP contribution is -2.54. The summed E-state index contributed by atoms with van der Waals surface area (Å²) in [6.07, 6.45) is 10.9. The molecule has 2 aromatic heterocycles. The summed E-state index contributed by atoms with van der Waals surface area (Å²) < 4.78 is 2.16. The smallest absolute Gasteiger partial charge is 0.262 e. The Balaban J connectivity index is 0.851. The van der Waals surface area contributed by atoms with Crippen molar-refractivity contribution in [1.82, 2.24) is 30.0 Å². The largest absolute Gasteiger partial charge is 0.385 e. The first-order valence-corrected chi connectivity index (χ1v) is 15.8. The Hall–Kier alpha value is -4.93. The summed E-state index contributed by atoms with van der Waals surface area (Å²) in [7, 11) is 0. The fraction of sp³-hybridized carbons (Fsp3) is 0.382. The minimum Gasteiger partial charge on any atom is -0.385 e. The number of carbonyl (C=O) groups is 4. The molecule has 4 aromatic rings. The molecule has 45 heavy (non-hydrogen) atoms. The Morgan fingerprint density at radius 1 is 0.911 bits per heavy atom. The van der Waals surface area contributed by atoms with Gasteiger partial charge in [-0.15, -0.1) is 0 Å². The molecule has 11 nitrogen and oxygen atoms in total. The first-order valence-electron chi connectivity index (χ1n) is 15.8. The third kappa shape index (κ3) is 5.05. The highest BCUT2D eigenvalue weighted by Gasteiger charge is 2.44. The zero-order valence-electron chi connectivity index (χ0n) is 24.7. The number of piperidine rings is 1. The number of nitrogens with one attached hydrogen (secondary N) is 2. The van der Waals surface area contributed by atoms with Gasteiger partial charge < -0.3 is 5.32 Å². The van der Waals surface area contributed by atoms with E-state index in [4.69, 9.17) is 10.1 Å². The van der Waals surface area contributed by atoms with E-state index in [1.165, 1.54) is 12.8 Å². The van der Waals surface area contributed by atoms with Gasteiger partial charge in [-0.2, -0.15) is 5.10 Å². The fourth-order valence-corrected chi connectivity index (χ4v) is 6.89. The topological polar surface area (TPSA) is 139 Å². The molecular weight excluding hydrogens is 570 g/mol. The summed E-state index contributed by atoms with van der Waals surface area (Å²) in [6, 6.07) is 12.5. The molecule has 2 aliphatic heterocycles. The average molecular weight is 604 g/mol. The number of para-hydroxylation sites is 2. The molecule has 3 fully saturated rings. The third-order valence-electron chi connectivity index (χ3n) is 9.59. The zero-order valence-corrected chi connectivity index (χ0v) is 24.7. The average Bonchev–Trinajstić information content (AvgIpc) is 3.73. The Labute approximate surface area is 259 Å². The molecule has 8 rings (SSSR count). The van der Waals surface area contributed by atoms with Crippen molar-refractivity contribution < 1.29 is 19.2 Å². The van der Waals surface area contributed by atoms with E-state index in [-0.39, 0.29) is 29.9 Å². The molecule has 2 saturated carbocycles. The Morgan fingerprint density at radius 3 is 2.51 bits per heavy atom. The van der Waals surface area contributed by atoms with E-state index in [9.17, 15) is 19.2 Å². The van der Waals surface area contributed by atoms with Crippen LogP contribution in [0.15, 0.2) is 54.9 Å². The summed E-state index contributed by atoms with van der Waals surface area (Å²) in [6.45, 7) is 0.747. The SMILES string of the molecule is O=C1CCC(N2C(=O)c3ccc(NCCC[C@H]4C[C@H](n5cc(-c6cnc7ccccc7n6)c(C6CC6)n5)C4)cc3C2=O)C(=O)N1. The minimum atomic E-state index is -0.959. The van der Waals surface area contributed by atoms with E-state index in [1.54, 1.807) is 18.2 Å². The van der Waals surface area contributed by atoms with Crippen LogP contribution in [0.4, 0.5) is 5.69 Å². The lowest BCUT2D eigenvalue weighted by atomic mass is 9.77. The van der Waals surface area contributed by atoms with E-state index in [2.05, 4.69) is 26.5 Å². The van der Waals surface area contributed by atoms with Gasteiger partial charge >= 0.3 is 0 Å². The molecule has 1 atom stereocenters. The summed E-state index contributed by atoms with van der Waals surface area (Å²) in [5.41, 5.74) is 6.29. The normalized spacial score (nSPS) is 22.8. The molecule has 0 bridgehead atoms. The molecule has 1 unspecified atom stereocenters. The van der Waals surface area contributed by atoms with Gasteiger partial charge in [-0.1, -0.05) is 12.1 Å². The number of aromatic nitrogens is 4. The Bertz CT molecular complexity index is 1870. The summed E-state index contributed by atoms with van der Waals surface area (Å²) in [5, 5.41) is 10.7. The number of rotatable bonds is 9. The first kappa shape index (κ1) is 27.6. The van der Waals surface area contributed by atoms with Crippen molar-refractivity contribution in [3.63, 3.8) is 0 Å². The second kappa shape index (κ2) is 10.9. The van der Waals surface area contributed by atoms with Crippen molar-refractivity contribution in [2.24, 2.45) is 5.92 Å². The second-order valence-corrected chi connectivity index (χ2v) is 12.7. The van der Waals surface area contributed by atoms with Crippen LogP contribution in [0.3, 0.4) is 0 Å². The highest BCUT2D eigenvalue weighted by molar-refractivity contribution is 6.23. The number of anilines is 1. The molecule has 4 heterocycles. The molecule has 4 aliphatic rings. The predicted octanol–water partition coefficient (Wildman–Crippen LogP) is 4.62. The van der Waals surface area contributed by atoms with Gasteiger partial charge in [0.2, 0.25) is 11.8 Å². The fourth-order valence-electron chi connectivity index (χ4n) is 6.89. The molecule has 2 aliphatic carbocycles. The monoisotopic (exact) mass is 603 g/mol. The van der Waals surface area contributed by atoms with E-state index < -0.39 is 23.8 Å². The number of carbonyl (C=O) groups excluding carboxylic acids is 4. The predicted molar refractivity (Wildman–Crippen MR) is 165 cm³/mol. The van der Waals surface area contributed by atoms with Crippen LogP contribution >= 0.6 is 0 Å². The van der Waals surface area contributed by atoms with Gasteiger partial charge in [0.15, 0.2) is 0 Å². The van der Waals surface area contributed by atoms with E-state index in [0.717, 1.165) is 70.8 Å². The summed E-state index contributed by atoms with van der Waals surface area (Å²) >= 11 is 0. The lowest BCUT2D eigenvalue weighted by Gasteiger charge is -2.35. The Kier molecular flexibility index (Phi) is 6.69. The number of nitrogens with zero attached hydrogens (tertiary/aromatic N) is 5. The van der Waals surface area contributed by atoms with Gasteiger partial charge in [0.25, 0.3) is 11.8 Å². The van der Waals surface area contributed by atoms with Crippen molar-refractivity contribution in [2.45, 2.75) is 69.4 Å². The highest BCUT2D eigenvalue weighted by atomic mass is 16.2. The minimum absolute atomic E-state index is 0.101. The molecule has 228 valence electrons. The van der Waals surface area contributed by atoms with Crippen LogP contribution in [-0.2, 0) is 9.59 Å². The Morgan fingerprint density at radius 2 is 1.71 bits per heavy atom. The lowest BCUT2D eigenvalue weighted by molar-refractivity contribution is -0.136. The summed E-state index contributed by atoms with van der Waals surface area (Å²) in [4.78, 5) is 60.4. The van der Waals surface area contributed by atoms with Crippen LogP contribution < -0.4 is 10.6 Å². The molecule has 4 amide bonds. The number of benzene rings is 2. The molecule has 2 N–H and O–H groups in total. The van der Waals surface area contributed by atoms with Gasteiger partial charge in [0.1, 0.15) is 6.04 Å². The van der Waals surface area contributed by atoms with Crippen molar-refractivity contribution >= 4 is 40.3 Å². The number of amides is 4. The van der Waals surface area contributed by atoms with Crippen molar-refractivity contribution in [2.75, 3.05) is 11.9 Å². The van der Waals surface area contributed by atoms with Crippen LogP contribution in [-0.4, -0.2) is 60.9 Å². The van der Waals surface area contributed by atoms with Crippen molar-refractivity contribution in [3.05, 3.63) is 71.7 Å². The quantitative estimate of drug-likeness (QED) is 0.209. The number of hydrogen-bond acceptors (Lipinski definition) is 8. The standard InChI is InChI=1S/C34H33N7O4/c42-30-12-11-29(32(43)38-30)41-33(44)23-10-9-21(16-24(23)34(41)45)35-13-3-4-19-14-22(15-19)40-18-25(31(39-40)20-7-8-20)28-17-36-26-5-1-2-6-27(26)37-28/h1-2,5-6,9-10,16-20,22,29,35H,3-4,7-8,11-15H2,(H,38,42,43)/t19-,22-,29?. The van der Waals surface area contributed by atoms with Crippen LogP contribution in [0.1, 0.15) is 89.7 Å². The zero-order chi connectivity index (χ0) is 30.7. The van der Waals surface area contributed by atoms with E-state index >= 15 is 0 Å². The molecule has 0 radical (unpaired) electrons. The van der Waals surface area contributed by atoms with Crippen LogP contribution in [0.5, 0.6) is 0 Å². The molecular formula is C34H33N7O4. The molecule has 2 aromatic carbocycles. The second-order valence-electron chi connectivity index (χ2n) is 12.7. The maximum absolute atomic E-state index is 13.1. The van der Waals surface area contributed by atoms with Gasteiger partial charge in [-0.3, -0.25) is 39.1 Å². The van der Waals surface area contributed by atoms with Gasteiger partial charge in [-0.25, -0.2) is 4.98 Å². The van der Waals surface area contributed by atoms with Crippen LogP contribution in [0.2, 0.25) is 0 Å². The highest BCUT2D eigenvalue weighted by Crippen LogP contribution is 2.46. The number of hydrogen-bond donors (Lipinski definition) is 2. The van der Waals surface area contributed by atoms with Crippen LogP contribution in [0, 0.1) is 5.92 Å². The molecule has 1 saturated heterocycles. The van der Waals surface area contributed by atoms with Crippen molar-refractivity contribution in [1.29, 1.82) is 0 Å². The number of fused-ring (bicyclic) bond motifs is 2. The number of imide groups is 2. The summed E-state index contributed by atoms with van der Waals surface area (Å²) in [5.74, 6) is -0.822. The third-order valence-corrected chi connectivity index (χ3v) is 9.59. The van der Waals surface area contributed by atoms with Gasteiger partial charge in [-0.05, 0) is 81.2 Å². The van der Waals surface area contributed by atoms with Gasteiger partial charge in [0, 0.05) is 36.3 Å². The van der Waals surface area contributed by atoms with Crippen LogP contribution in [0.25, 0.3) is 22.3 Å². The van der Waals surface area contributed by atoms with Crippen molar-refractivity contribution in [3.8, 4) is 11.3 Å². The molecule has 11 heteroatoms. The van der Waals surface area contributed by atoms with E-state index in [1.807, 2.05) is 30.5 Å². The van der Waals surface area contributed by atoms with Gasteiger partial charge in [0.05, 0.1) is 45.8 Å².